The first-order chi connectivity index (χ1) is 67.7. The number of nitrogens with zero attached hydrogens (tertiary/aromatic N) is 5. The number of likely N-dealkylation sites (N-methyl/N-ethyl adjacent to an activating group) is 1. The lowest BCUT2D eigenvalue weighted by molar-refractivity contribution is -0.142. The fourth-order valence-electron chi connectivity index (χ4n) is 18.3. The molecule has 14 N–H and O–H groups in total. The molecule has 0 bridgehead atoms. The number of benzene rings is 8. The second-order valence-electron chi connectivity index (χ2n) is 37.2. The number of ketones is 1. The van der Waals surface area contributed by atoms with Crippen LogP contribution in [0.3, 0.4) is 0 Å². The molecule has 12 amide bonds. The molecular weight excluding hydrogens is 1900 g/mol. The van der Waals surface area contributed by atoms with E-state index in [2.05, 4.69) is 58.5 Å². The van der Waals surface area contributed by atoms with Gasteiger partial charge in [-0.1, -0.05) is 287 Å². The van der Waals surface area contributed by atoms with Crippen LogP contribution in [0.2, 0.25) is 0 Å². The molecule has 0 saturated carbocycles. The number of imidazole rings is 2. The van der Waals surface area contributed by atoms with Gasteiger partial charge in [0.2, 0.25) is 70.9 Å². The number of amides is 12. The molecule has 141 heavy (non-hydrogen) atoms. The summed E-state index contributed by atoms with van der Waals surface area (Å²) in [6, 6.07) is 57.4. The van der Waals surface area contributed by atoms with Crippen molar-refractivity contribution in [3.8, 4) is 5.75 Å². The number of carbonyl (C=O) groups is 13. The lowest BCUT2D eigenvalue weighted by Gasteiger charge is -2.37. The number of carbonyl (C=O) groups excluding carboxylic acids is 13. The quantitative estimate of drug-likeness (QED) is 0.0125. The van der Waals surface area contributed by atoms with E-state index in [1.165, 1.54) is 31.0 Å². The van der Waals surface area contributed by atoms with Gasteiger partial charge in [0.15, 0.2) is 0 Å². The van der Waals surface area contributed by atoms with Crippen molar-refractivity contribution in [1.29, 1.82) is 0 Å². The summed E-state index contributed by atoms with van der Waals surface area (Å²) in [5, 5.41) is 41.7. The molecule has 8 aromatic carbocycles. The zero-order valence-electron chi connectivity index (χ0n) is 81.8. The van der Waals surface area contributed by atoms with Crippen LogP contribution in [0.5, 0.6) is 5.75 Å². The van der Waals surface area contributed by atoms with E-state index in [1.54, 1.807) is 83.8 Å². The van der Waals surface area contributed by atoms with Crippen molar-refractivity contribution in [2.24, 2.45) is 29.4 Å². The molecule has 31 nitrogen and oxygen atoms in total. The molecule has 32 heteroatoms. The predicted octanol–water partition coefficient (Wildman–Crippen LogP) is 9.46. The average Bonchev–Trinajstić information content (AvgIpc) is 1.73. The number of aromatic hydroxyl groups is 1. The van der Waals surface area contributed by atoms with Crippen LogP contribution in [0, 0.1) is 27.2 Å². The predicted molar refractivity (Wildman–Crippen MR) is 546 cm³/mol. The summed E-state index contributed by atoms with van der Waals surface area (Å²) >= 11 is 1.91. The number of hydrogen-bond acceptors (Lipinski definition) is 17. The SMILES string of the molecule is CCC(NC(=O)C(CC(C)C)NC(=O)C(CC(C)=O)NC(=O)C(Cc1ccc(O)c(I)c1)NC(=O)C1CC(C)CN1C(=O)C(CC)NC(=O)C(Cc1cn(C(c2ccccc2)(c2ccccc2)c2ccccc2)cn1)NC(=O)C(Cc1ccccc1)NC(=O)CCN)C(=O)NC(Cc1cn(C(c2ccccc2)(c2ccccc2)c2ccccc2)cn1)C(=O)NC(C(=O)NC(CC(C)C)C(=O)NC)C(C)CC. The standard InChI is InChI=1S/C109H132IN17O14/c1-12-71(9)96(106(140)123-86(54-68(4)5)97(131)112-11)124-104(138)92(62-82-65-126(67-114-82)109(78-44-30-19-31-45-78,79-46-32-20-33-47-79)80-48-34-21-35-49-80)120-98(132)84(13-2)116-99(133)87(55-69(6)7)118-100(134)88(57-72(10)128)119-102(136)90(60-74-50-51-94(129)83(110)58-74)122-105(139)93-56-70(8)63-127(93)107(141)85(14-3)117-103(137)91(121-101(135)89(115-95(130)52-53-111)59-73-36-22-15-23-37-73)61-81-64-125(66-113-81)108(75-38-24-16-25-39-75,76-40-26-17-27-41-76)77-42-28-18-29-43-77/h15-51,58,64-71,84-93,96,129H,12-14,52-57,59-63,111H2,1-11H3,(H,112,131)(H,115,130)(H,116,133)(H,117,137)(H,118,134)(H,119,136)(H,120,132)(H,121,135)(H,122,139)(H,123,140)(H,124,138). The first-order valence-corrected chi connectivity index (χ1v) is 49.5. The molecular formula is C109H132IN17O14. The van der Waals surface area contributed by atoms with Crippen molar-refractivity contribution in [3.63, 3.8) is 0 Å². The second kappa shape index (κ2) is 51.2. The van der Waals surface area contributed by atoms with Crippen LogP contribution >= 0.6 is 22.6 Å². The summed E-state index contributed by atoms with van der Waals surface area (Å²) in [7, 11) is 1.46. The Labute approximate surface area is 838 Å². The first kappa shape index (κ1) is 107. The molecule has 0 radical (unpaired) electrons. The molecule has 13 unspecified atom stereocenters. The van der Waals surface area contributed by atoms with E-state index < -0.39 is 167 Å². The molecule has 2 aromatic heterocycles. The Bertz CT molecular complexity index is 5710. The summed E-state index contributed by atoms with van der Waals surface area (Å²) < 4.78 is 4.29. The third-order valence-electron chi connectivity index (χ3n) is 25.7. The Hall–Kier alpha value is -14.0. The number of likely N-dealkylation sites (tertiary alicyclic amines) is 1. The lowest BCUT2D eigenvalue weighted by Crippen LogP contribution is -2.61. The maximum atomic E-state index is 15.5. The Kier molecular flexibility index (Phi) is 39.0. The monoisotopic (exact) mass is 2030 g/mol. The molecule has 11 rings (SSSR count). The van der Waals surface area contributed by atoms with Crippen molar-refractivity contribution in [1.82, 2.24) is 82.5 Å². The summed E-state index contributed by atoms with van der Waals surface area (Å²) in [6.45, 7) is 17.3. The molecule has 13 atom stereocenters. The van der Waals surface area contributed by atoms with Gasteiger partial charge in [0.1, 0.15) is 89.1 Å². The van der Waals surface area contributed by atoms with Gasteiger partial charge < -0.3 is 83.4 Å². The third kappa shape index (κ3) is 27.8. The van der Waals surface area contributed by atoms with Gasteiger partial charge in [-0.3, -0.25) is 62.3 Å². The number of nitrogens with one attached hydrogen (secondary N) is 11. The van der Waals surface area contributed by atoms with Crippen LogP contribution in [0.15, 0.2) is 256 Å². The van der Waals surface area contributed by atoms with Crippen LogP contribution in [0.1, 0.15) is 176 Å². The first-order valence-electron chi connectivity index (χ1n) is 48.4. The molecule has 1 aliphatic heterocycles. The van der Waals surface area contributed by atoms with Gasteiger partial charge in [0.25, 0.3) is 0 Å². The van der Waals surface area contributed by atoms with Crippen molar-refractivity contribution < 1.29 is 67.4 Å². The van der Waals surface area contributed by atoms with E-state index in [9.17, 15) is 24.3 Å². The topological polar surface area (TPSA) is 439 Å². The maximum absolute atomic E-state index is 15.5. The van der Waals surface area contributed by atoms with Crippen LogP contribution in [0.25, 0.3) is 0 Å². The molecule has 3 heterocycles. The van der Waals surface area contributed by atoms with Gasteiger partial charge in [-0.15, -0.1) is 0 Å². The minimum atomic E-state index is -1.71. The van der Waals surface area contributed by atoms with Crippen LogP contribution in [-0.2, 0) is 99.1 Å². The normalized spacial score (nSPS) is 15.5. The van der Waals surface area contributed by atoms with Gasteiger partial charge in [0.05, 0.1) is 27.6 Å². The van der Waals surface area contributed by atoms with E-state index in [-0.39, 0.29) is 101 Å². The van der Waals surface area contributed by atoms with Crippen LogP contribution in [-0.4, -0.2) is 192 Å². The fourth-order valence-corrected chi connectivity index (χ4v) is 18.9. The minimum Gasteiger partial charge on any atom is -0.507 e. The van der Waals surface area contributed by atoms with Crippen LogP contribution < -0.4 is 64.2 Å². The minimum absolute atomic E-state index is 0.00801. The highest BCUT2D eigenvalue weighted by Crippen LogP contribution is 2.43. The van der Waals surface area contributed by atoms with Gasteiger partial charge >= 0.3 is 0 Å². The highest BCUT2D eigenvalue weighted by atomic mass is 127. The number of phenolic OH excluding ortho intramolecular Hbond substituents is 1. The van der Waals surface area contributed by atoms with Gasteiger partial charge in [0, 0.05) is 71.1 Å². The Morgan fingerprint density at radius 3 is 1.20 bits per heavy atom. The zero-order chi connectivity index (χ0) is 102. The number of Topliss-reactive ketones (excluding diaryl/α,β-unsaturated/α-hetero) is 1. The second-order valence-corrected chi connectivity index (χ2v) is 38.4. The highest BCUT2D eigenvalue weighted by molar-refractivity contribution is 14.1. The summed E-state index contributed by atoms with van der Waals surface area (Å²) in [6.07, 6.45) is 6.06. The van der Waals surface area contributed by atoms with Crippen LogP contribution in [0.4, 0.5) is 0 Å². The molecule has 1 fully saturated rings. The Morgan fingerprint density at radius 1 is 0.426 bits per heavy atom. The van der Waals surface area contributed by atoms with Gasteiger partial charge in [-0.2, -0.15) is 0 Å². The average molecular weight is 2030 g/mol. The number of aromatic nitrogens is 4. The van der Waals surface area contributed by atoms with Crippen molar-refractivity contribution in [3.05, 3.63) is 315 Å². The van der Waals surface area contributed by atoms with Gasteiger partial charge in [-0.25, -0.2) is 9.97 Å². The number of nitrogens with two attached hydrogens (primary N) is 1. The molecule has 1 saturated heterocycles. The number of hydrogen-bond donors (Lipinski definition) is 13. The van der Waals surface area contributed by atoms with Crippen molar-refractivity contribution in [2.75, 3.05) is 20.1 Å². The Balaban J connectivity index is 0.845. The summed E-state index contributed by atoms with van der Waals surface area (Å²) in [4.78, 5) is 204. The summed E-state index contributed by atoms with van der Waals surface area (Å²) in [5.74, 6) is -10.9. The van der Waals surface area contributed by atoms with Crippen molar-refractivity contribution in [2.45, 2.75) is 224 Å². The molecule has 0 aliphatic carbocycles. The van der Waals surface area contributed by atoms with E-state index >= 15 is 43.2 Å². The van der Waals surface area contributed by atoms with E-state index in [0.717, 1.165) is 33.4 Å². The number of halogens is 1. The third-order valence-corrected chi connectivity index (χ3v) is 26.5. The van der Waals surface area contributed by atoms with E-state index in [0.29, 0.717) is 32.5 Å². The fraction of sp³-hybridized carbons (Fsp3) is 0.385. The molecule has 744 valence electrons. The molecule has 1 aliphatic rings. The van der Waals surface area contributed by atoms with E-state index in [4.69, 9.17) is 15.7 Å². The highest BCUT2D eigenvalue weighted by Gasteiger charge is 2.46. The van der Waals surface area contributed by atoms with E-state index in [1.807, 2.05) is 254 Å². The largest absolute Gasteiger partial charge is 0.507 e. The number of phenols is 1. The molecule has 10 aromatic rings. The zero-order valence-corrected chi connectivity index (χ0v) is 83.9. The lowest BCUT2D eigenvalue weighted by atomic mass is 9.77. The maximum Gasteiger partial charge on any atom is 0.245 e. The summed E-state index contributed by atoms with van der Waals surface area (Å²) in [5.41, 5.74) is 10.9. The number of rotatable bonds is 49. The molecule has 0 spiro atoms. The Morgan fingerprint density at radius 2 is 0.787 bits per heavy atom. The van der Waals surface area contributed by atoms with Crippen molar-refractivity contribution >= 4 is 99.3 Å². The smallest absolute Gasteiger partial charge is 0.245 e. The van der Waals surface area contributed by atoms with Gasteiger partial charge in [-0.05, 0) is 142 Å².